The topological polar surface area (TPSA) is 88.1 Å². The lowest BCUT2D eigenvalue weighted by molar-refractivity contribution is -0.135. The minimum Gasteiger partial charge on any atom is -0.485 e. The fourth-order valence-electron chi connectivity index (χ4n) is 7.84. The number of unbranched alkanes of at least 4 members (excludes halogenated alkanes) is 24. The van der Waals surface area contributed by atoms with Crippen molar-refractivity contribution in [2.75, 3.05) is 0 Å². The van der Waals surface area contributed by atoms with Crippen molar-refractivity contribution < 1.29 is 33.3 Å². The second-order valence-corrected chi connectivity index (χ2v) is 16.8. The summed E-state index contributed by atoms with van der Waals surface area (Å²) in [6.07, 6.45) is 34.1. The van der Waals surface area contributed by atoms with Gasteiger partial charge < -0.3 is 18.9 Å². The van der Waals surface area contributed by atoms with Crippen LogP contribution in [0.2, 0.25) is 0 Å². The van der Waals surface area contributed by atoms with Crippen molar-refractivity contribution in [3.05, 3.63) is 47.5 Å². The molecule has 0 aromatic heterocycles. The lowest BCUT2D eigenvalue weighted by atomic mass is 9.96. The van der Waals surface area contributed by atoms with E-state index in [0.29, 0.717) is 48.7 Å². The van der Waals surface area contributed by atoms with Crippen molar-refractivity contribution in [2.24, 2.45) is 0 Å². The molecule has 0 aliphatic carbocycles. The Balaban J connectivity index is 1.56. The third-order valence-corrected chi connectivity index (χ3v) is 11.5. The first-order chi connectivity index (χ1) is 28.4. The monoisotopic (exact) mass is 805 g/mol. The first-order valence-electron chi connectivity index (χ1n) is 24.0. The van der Waals surface area contributed by atoms with Crippen LogP contribution in [0.5, 0.6) is 23.0 Å². The summed E-state index contributed by atoms with van der Waals surface area (Å²) in [4.78, 5) is 38.7. The van der Waals surface area contributed by atoms with Gasteiger partial charge >= 0.3 is 17.9 Å². The van der Waals surface area contributed by atoms with Crippen LogP contribution in [0.15, 0.2) is 36.4 Å². The van der Waals surface area contributed by atoms with Gasteiger partial charge in [-0.3, -0.25) is 14.4 Å². The molecule has 1 aliphatic heterocycles. The highest BCUT2D eigenvalue weighted by atomic mass is 16.6. The van der Waals surface area contributed by atoms with Crippen molar-refractivity contribution in [3.8, 4) is 23.0 Å². The third-order valence-electron chi connectivity index (χ3n) is 11.5. The molecule has 0 N–H and O–H groups in total. The molecule has 0 saturated carbocycles. The van der Waals surface area contributed by atoms with Gasteiger partial charge in [0.05, 0.1) is 0 Å². The van der Waals surface area contributed by atoms with E-state index in [4.69, 9.17) is 18.9 Å². The van der Waals surface area contributed by atoms with E-state index < -0.39 is 0 Å². The SMILES string of the molecule is CCCCCCCCCCCC(=O)Oc1ccc2c(c1)OC(c1ccc(OC(=O)CCCCCCCCCCC)cc1OC(=O)CCCCCCCCCCC)CC2. The number of hydrogen-bond acceptors (Lipinski definition) is 7. The lowest BCUT2D eigenvalue weighted by Gasteiger charge is -2.28. The van der Waals surface area contributed by atoms with Crippen LogP contribution in [0.1, 0.15) is 237 Å². The summed E-state index contributed by atoms with van der Waals surface area (Å²) < 4.78 is 24.0. The summed E-state index contributed by atoms with van der Waals surface area (Å²) in [5, 5.41) is 0. The number of benzene rings is 2. The number of esters is 3. The number of fused-ring (bicyclic) bond motifs is 1. The highest BCUT2D eigenvalue weighted by Crippen LogP contribution is 2.41. The zero-order chi connectivity index (χ0) is 41.5. The van der Waals surface area contributed by atoms with E-state index >= 15 is 0 Å². The molecule has 1 atom stereocenters. The fraction of sp³-hybridized carbons (Fsp3) is 0.706. The summed E-state index contributed by atoms with van der Waals surface area (Å²) >= 11 is 0. The van der Waals surface area contributed by atoms with Gasteiger partial charge in [-0.05, 0) is 55.9 Å². The van der Waals surface area contributed by atoms with Crippen LogP contribution in [-0.4, -0.2) is 17.9 Å². The molecule has 0 bridgehead atoms. The molecule has 7 nitrogen and oxygen atoms in total. The van der Waals surface area contributed by atoms with Crippen molar-refractivity contribution in [1.82, 2.24) is 0 Å². The zero-order valence-electron chi connectivity index (χ0n) is 37.0. The predicted octanol–water partition coefficient (Wildman–Crippen LogP) is 15.2. The maximum Gasteiger partial charge on any atom is 0.311 e. The van der Waals surface area contributed by atoms with Gasteiger partial charge in [-0.1, -0.05) is 181 Å². The molecule has 0 saturated heterocycles. The second kappa shape index (κ2) is 31.6. The molecule has 3 rings (SSSR count). The van der Waals surface area contributed by atoms with Crippen molar-refractivity contribution in [1.29, 1.82) is 0 Å². The van der Waals surface area contributed by atoms with Crippen LogP contribution in [0.25, 0.3) is 0 Å². The Labute approximate surface area is 353 Å². The van der Waals surface area contributed by atoms with Crippen LogP contribution >= 0.6 is 0 Å². The van der Waals surface area contributed by atoms with E-state index in [-0.39, 0.29) is 24.0 Å². The second-order valence-electron chi connectivity index (χ2n) is 16.8. The number of rotatable bonds is 34. The molecule has 2 aromatic carbocycles. The molecule has 0 amide bonds. The van der Waals surface area contributed by atoms with E-state index in [9.17, 15) is 14.4 Å². The normalized spacial score (nSPS) is 13.5. The molecule has 58 heavy (non-hydrogen) atoms. The number of hydrogen-bond donors (Lipinski definition) is 0. The Morgan fingerprint density at radius 3 is 1.31 bits per heavy atom. The van der Waals surface area contributed by atoms with Crippen LogP contribution in [0.3, 0.4) is 0 Å². The van der Waals surface area contributed by atoms with E-state index in [1.165, 1.54) is 116 Å². The van der Waals surface area contributed by atoms with E-state index in [2.05, 4.69) is 20.8 Å². The van der Waals surface area contributed by atoms with Crippen LogP contribution in [0, 0.1) is 0 Å². The lowest BCUT2D eigenvalue weighted by Crippen LogP contribution is -2.18. The van der Waals surface area contributed by atoms with Crippen molar-refractivity contribution in [3.63, 3.8) is 0 Å². The Bertz CT molecular complexity index is 1420. The summed E-state index contributed by atoms with van der Waals surface area (Å²) in [6.45, 7) is 6.71. The smallest absolute Gasteiger partial charge is 0.311 e. The molecule has 0 spiro atoms. The first kappa shape index (κ1) is 49.0. The highest BCUT2D eigenvalue weighted by Gasteiger charge is 2.26. The van der Waals surface area contributed by atoms with Crippen LogP contribution in [-0.2, 0) is 20.8 Å². The minimum atomic E-state index is -0.386. The van der Waals surface area contributed by atoms with Gasteiger partial charge in [0.2, 0.25) is 0 Å². The van der Waals surface area contributed by atoms with Gasteiger partial charge in [-0.15, -0.1) is 0 Å². The fourth-order valence-corrected chi connectivity index (χ4v) is 7.84. The number of aryl methyl sites for hydroxylation is 1. The minimum absolute atomic E-state index is 0.223. The molecular formula is C51H80O7. The number of carbonyl (C=O) groups is 3. The van der Waals surface area contributed by atoms with Gasteiger partial charge in [0.1, 0.15) is 29.1 Å². The summed E-state index contributed by atoms with van der Waals surface area (Å²) in [6, 6.07) is 10.9. The summed E-state index contributed by atoms with van der Waals surface area (Å²) in [5.74, 6) is 1.08. The maximum atomic E-state index is 13.2. The summed E-state index contributed by atoms with van der Waals surface area (Å²) in [7, 11) is 0. The van der Waals surface area contributed by atoms with Gasteiger partial charge in [-0.25, -0.2) is 0 Å². The van der Waals surface area contributed by atoms with Gasteiger partial charge in [0.25, 0.3) is 0 Å². The Morgan fingerprint density at radius 2 is 0.862 bits per heavy atom. The molecular weight excluding hydrogens is 725 g/mol. The van der Waals surface area contributed by atoms with Crippen molar-refractivity contribution >= 4 is 17.9 Å². The molecule has 1 aliphatic rings. The largest absolute Gasteiger partial charge is 0.485 e. The Hall–Kier alpha value is -3.35. The molecule has 0 fully saturated rings. The highest BCUT2D eigenvalue weighted by molar-refractivity contribution is 5.75. The van der Waals surface area contributed by atoms with Gasteiger partial charge in [0.15, 0.2) is 0 Å². The molecule has 1 heterocycles. The quantitative estimate of drug-likeness (QED) is 0.0395. The van der Waals surface area contributed by atoms with Crippen molar-refractivity contribution in [2.45, 2.75) is 232 Å². The van der Waals surface area contributed by atoms with E-state index in [1.807, 2.05) is 18.2 Å². The number of ether oxygens (including phenoxy) is 4. The van der Waals surface area contributed by atoms with Crippen LogP contribution < -0.4 is 18.9 Å². The van der Waals surface area contributed by atoms with E-state index in [0.717, 1.165) is 75.3 Å². The summed E-state index contributed by atoms with van der Waals surface area (Å²) in [5.41, 5.74) is 1.78. The average Bonchev–Trinajstić information content (AvgIpc) is 3.21. The maximum absolute atomic E-state index is 13.2. The van der Waals surface area contributed by atoms with E-state index in [1.54, 1.807) is 18.2 Å². The number of carbonyl (C=O) groups excluding carboxylic acids is 3. The average molecular weight is 805 g/mol. The molecule has 7 heteroatoms. The van der Waals surface area contributed by atoms with Gasteiger partial charge in [0, 0.05) is 37.0 Å². The molecule has 2 aromatic rings. The predicted molar refractivity (Wildman–Crippen MR) is 237 cm³/mol. The Kier molecular flexibility index (Phi) is 26.7. The Morgan fingerprint density at radius 1 is 0.483 bits per heavy atom. The molecule has 1 unspecified atom stereocenters. The van der Waals surface area contributed by atoms with Gasteiger partial charge in [-0.2, -0.15) is 0 Å². The first-order valence-corrected chi connectivity index (χ1v) is 24.0. The van der Waals surface area contributed by atoms with Crippen LogP contribution in [0.4, 0.5) is 0 Å². The molecule has 0 radical (unpaired) electrons. The third kappa shape index (κ3) is 21.6. The zero-order valence-corrected chi connectivity index (χ0v) is 37.0. The molecule has 326 valence electrons. The standard InChI is InChI=1S/C51H80O7/c1-4-7-10-13-16-19-22-25-28-31-49(52)55-43-36-34-42-35-39-46(57-47(42)40-43)45-38-37-44(56-50(53)32-29-26-23-20-17-14-11-8-5-2)41-48(45)58-51(54)33-30-27-24-21-18-15-12-9-6-3/h34,36-38,40-41,46H,4-33,35,39H2,1-3H3.